The lowest BCUT2D eigenvalue weighted by molar-refractivity contribution is -0.154. The molecule has 0 saturated carbocycles. The van der Waals surface area contributed by atoms with Gasteiger partial charge in [-0.25, -0.2) is 0 Å². The van der Waals surface area contributed by atoms with Crippen molar-refractivity contribution in [2.45, 2.75) is 26.7 Å². The van der Waals surface area contributed by atoms with Crippen LogP contribution in [0.1, 0.15) is 25.8 Å². The number of carbonyl (C=O) groups is 1. The third-order valence-electron chi connectivity index (χ3n) is 3.03. The molecule has 1 unspecified atom stereocenters. The van der Waals surface area contributed by atoms with Gasteiger partial charge >= 0.3 is 5.97 Å². The summed E-state index contributed by atoms with van der Waals surface area (Å²) in [6.45, 7) is 4.40. The van der Waals surface area contributed by atoms with E-state index in [4.69, 9.17) is 10.5 Å². The topological polar surface area (TPSA) is 52.3 Å². The summed E-state index contributed by atoms with van der Waals surface area (Å²) < 4.78 is 5.07. The summed E-state index contributed by atoms with van der Waals surface area (Å²) in [6.07, 6.45) is 1.56. The highest BCUT2D eigenvalue weighted by molar-refractivity contribution is 5.76. The molecule has 1 rings (SSSR count). The zero-order valence-corrected chi connectivity index (χ0v) is 10.6. The summed E-state index contributed by atoms with van der Waals surface area (Å²) >= 11 is 0. The van der Waals surface area contributed by atoms with E-state index in [1.54, 1.807) is 0 Å². The fraction of sp³-hybridized carbons (Fsp3) is 0.500. The molecule has 0 radical (unpaired) electrons. The number of hydrogen-bond acceptors (Lipinski definition) is 3. The fourth-order valence-electron chi connectivity index (χ4n) is 1.66. The van der Waals surface area contributed by atoms with Gasteiger partial charge in [0.05, 0.1) is 12.0 Å². The Kier molecular flexibility index (Phi) is 5.16. The Morgan fingerprint density at radius 1 is 1.35 bits per heavy atom. The Labute approximate surface area is 103 Å². The molecule has 0 saturated heterocycles. The van der Waals surface area contributed by atoms with E-state index in [1.165, 1.54) is 5.56 Å². The highest BCUT2D eigenvalue weighted by Gasteiger charge is 2.32. The fourth-order valence-corrected chi connectivity index (χ4v) is 1.66. The molecule has 0 bridgehead atoms. The van der Waals surface area contributed by atoms with Crippen molar-refractivity contribution in [3.63, 3.8) is 0 Å². The third-order valence-corrected chi connectivity index (χ3v) is 3.03. The Bertz CT molecular complexity index is 350. The lowest BCUT2D eigenvalue weighted by Gasteiger charge is -2.25. The molecule has 0 aliphatic heterocycles. The second-order valence-corrected chi connectivity index (χ2v) is 4.47. The van der Waals surface area contributed by atoms with Crippen LogP contribution in [-0.2, 0) is 16.0 Å². The second kappa shape index (κ2) is 6.40. The van der Waals surface area contributed by atoms with Crippen molar-refractivity contribution in [3.8, 4) is 0 Å². The van der Waals surface area contributed by atoms with Crippen molar-refractivity contribution < 1.29 is 9.53 Å². The predicted octanol–water partition coefficient (Wildman–Crippen LogP) is 2.15. The Morgan fingerprint density at radius 2 is 2.00 bits per heavy atom. The summed E-state index contributed by atoms with van der Waals surface area (Å²) in [6, 6.07) is 10.1. The largest absolute Gasteiger partial charge is 0.466 e. The van der Waals surface area contributed by atoms with E-state index < -0.39 is 5.41 Å². The van der Waals surface area contributed by atoms with Gasteiger partial charge < -0.3 is 10.5 Å². The van der Waals surface area contributed by atoms with Gasteiger partial charge in [-0.05, 0) is 32.3 Å². The molecule has 17 heavy (non-hydrogen) atoms. The van der Waals surface area contributed by atoms with Gasteiger partial charge in [-0.1, -0.05) is 30.3 Å². The summed E-state index contributed by atoms with van der Waals surface area (Å²) in [5.41, 5.74) is 6.34. The van der Waals surface area contributed by atoms with Crippen molar-refractivity contribution in [3.05, 3.63) is 35.9 Å². The molecule has 3 heteroatoms. The molecule has 0 heterocycles. The zero-order chi connectivity index (χ0) is 12.7. The number of nitrogens with two attached hydrogens (primary N) is 1. The highest BCUT2D eigenvalue weighted by Crippen LogP contribution is 2.24. The maximum absolute atomic E-state index is 11.8. The molecule has 0 aliphatic carbocycles. The average Bonchev–Trinajstić information content (AvgIpc) is 2.37. The van der Waals surface area contributed by atoms with Crippen molar-refractivity contribution in [1.29, 1.82) is 0 Å². The first-order valence-electron chi connectivity index (χ1n) is 6.03. The first kappa shape index (κ1) is 13.7. The van der Waals surface area contributed by atoms with Crippen LogP contribution in [0.4, 0.5) is 0 Å². The number of benzene rings is 1. The summed E-state index contributed by atoms with van der Waals surface area (Å²) in [4.78, 5) is 11.8. The molecule has 1 aromatic carbocycles. The lowest BCUT2D eigenvalue weighted by atomic mass is 9.84. The minimum atomic E-state index is -0.578. The molecule has 0 fully saturated rings. The van der Waals surface area contributed by atoms with Gasteiger partial charge in [0.25, 0.3) is 0 Å². The normalized spacial score (nSPS) is 14.1. The first-order valence-corrected chi connectivity index (χ1v) is 6.03. The van der Waals surface area contributed by atoms with E-state index >= 15 is 0 Å². The maximum atomic E-state index is 11.8. The number of esters is 1. The maximum Gasteiger partial charge on any atom is 0.313 e. The van der Waals surface area contributed by atoms with Crippen LogP contribution < -0.4 is 5.73 Å². The molecular weight excluding hydrogens is 214 g/mol. The highest BCUT2D eigenvalue weighted by atomic mass is 16.5. The molecule has 0 aliphatic rings. The van der Waals surface area contributed by atoms with Gasteiger partial charge in [-0.3, -0.25) is 4.79 Å². The molecule has 2 N–H and O–H groups in total. The van der Waals surface area contributed by atoms with E-state index in [-0.39, 0.29) is 5.97 Å². The van der Waals surface area contributed by atoms with Gasteiger partial charge in [-0.15, -0.1) is 0 Å². The Balaban J connectivity index is 2.60. The quantitative estimate of drug-likeness (QED) is 0.769. The minimum absolute atomic E-state index is 0.196. The van der Waals surface area contributed by atoms with Crippen LogP contribution in [0.15, 0.2) is 30.3 Å². The van der Waals surface area contributed by atoms with Crippen LogP contribution in [0.3, 0.4) is 0 Å². The smallest absolute Gasteiger partial charge is 0.313 e. The van der Waals surface area contributed by atoms with Crippen LogP contribution in [0.2, 0.25) is 0 Å². The van der Waals surface area contributed by atoms with Gasteiger partial charge in [0.1, 0.15) is 0 Å². The lowest BCUT2D eigenvalue weighted by Crippen LogP contribution is -2.37. The first-order chi connectivity index (χ1) is 8.12. The Hall–Kier alpha value is -1.35. The van der Waals surface area contributed by atoms with Gasteiger partial charge in [-0.2, -0.15) is 0 Å². The summed E-state index contributed by atoms with van der Waals surface area (Å²) in [5, 5.41) is 0. The zero-order valence-electron chi connectivity index (χ0n) is 10.6. The molecule has 3 nitrogen and oxygen atoms in total. The number of rotatable bonds is 6. The van der Waals surface area contributed by atoms with Crippen LogP contribution >= 0.6 is 0 Å². The van der Waals surface area contributed by atoms with Gasteiger partial charge in [0.15, 0.2) is 0 Å². The van der Waals surface area contributed by atoms with Crippen LogP contribution in [0.5, 0.6) is 0 Å². The van der Waals surface area contributed by atoms with Gasteiger partial charge in [0.2, 0.25) is 0 Å². The average molecular weight is 235 g/mol. The van der Waals surface area contributed by atoms with Crippen molar-refractivity contribution >= 4 is 5.97 Å². The number of hydrogen-bond donors (Lipinski definition) is 1. The van der Waals surface area contributed by atoms with Crippen molar-refractivity contribution in [2.75, 3.05) is 13.2 Å². The minimum Gasteiger partial charge on any atom is -0.466 e. The summed E-state index contributed by atoms with van der Waals surface area (Å²) in [5.74, 6) is -0.196. The number of aryl methyl sites for hydroxylation is 1. The Morgan fingerprint density at radius 3 is 2.53 bits per heavy atom. The van der Waals surface area contributed by atoms with Crippen molar-refractivity contribution in [1.82, 2.24) is 0 Å². The van der Waals surface area contributed by atoms with Crippen LogP contribution in [-0.4, -0.2) is 19.1 Å². The predicted molar refractivity (Wildman–Crippen MR) is 68.6 cm³/mol. The van der Waals surface area contributed by atoms with Gasteiger partial charge in [0, 0.05) is 6.54 Å². The molecule has 0 spiro atoms. The monoisotopic (exact) mass is 235 g/mol. The molecule has 94 valence electrons. The van der Waals surface area contributed by atoms with Crippen molar-refractivity contribution in [2.24, 2.45) is 11.1 Å². The second-order valence-electron chi connectivity index (χ2n) is 4.47. The van der Waals surface area contributed by atoms with E-state index in [9.17, 15) is 4.79 Å². The number of carbonyl (C=O) groups excluding carboxylic acids is 1. The molecule has 1 atom stereocenters. The molecular formula is C14H21NO2. The number of ether oxygens (including phenoxy) is 1. The standard InChI is InChI=1S/C14H21NO2/c1-3-17-13(16)14(2,11-15)10-9-12-7-5-4-6-8-12/h4-8H,3,9-11,15H2,1-2H3. The van der Waals surface area contributed by atoms with E-state index in [0.717, 1.165) is 6.42 Å². The van der Waals surface area contributed by atoms with E-state index in [2.05, 4.69) is 12.1 Å². The third kappa shape index (κ3) is 3.86. The molecule has 1 aromatic rings. The van der Waals surface area contributed by atoms with Crippen LogP contribution in [0, 0.1) is 5.41 Å². The van der Waals surface area contributed by atoms with Crippen LogP contribution in [0.25, 0.3) is 0 Å². The molecule has 0 amide bonds. The van der Waals surface area contributed by atoms with E-state index in [0.29, 0.717) is 19.6 Å². The van der Waals surface area contributed by atoms with E-state index in [1.807, 2.05) is 32.0 Å². The summed E-state index contributed by atoms with van der Waals surface area (Å²) in [7, 11) is 0. The SMILES string of the molecule is CCOC(=O)C(C)(CN)CCc1ccccc1. The molecule has 0 aromatic heterocycles.